The summed E-state index contributed by atoms with van der Waals surface area (Å²) in [6, 6.07) is 0. The van der Waals surface area contributed by atoms with Crippen LogP contribution < -0.4 is 0 Å². The van der Waals surface area contributed by atoms with Crippen LogP contribution in [-0.2, 0) is 38.0 Å². The molecule has 0 aromatic carbocycles. The van der Waals surface area contributed by atoms with E-state index in [0.717, 1.165) is 64.2 Å². The van der Waals surface area contributed by atoms with Crippen molar-refractivity contribution in [3.05, 3.63) is 60.8 Å². The van der Waals surface area contributed by atoms with Gasteiger partial charge in [0.25, 0.3) is 0 Å². The maximum atomic E-state index is 13.1. The third-order valence-corrected chi connectivity index (χ3v) is 14.0. The number of carbonyl (C=O) groups is 2. The third kappa shape index (κ3) is 33.6. The number of ether oxygens (including phenoxy) is 6. The number of carbonyl (C=O) groups excluding carboxylic acids is 2. The van der Waals surface area contributed by atoms with E-state index in [1.54, 1.807) is 0 Å². The highest BCUT2D eigenvalue weighted by Gasteiger charge is 2.47. The summed E-state index contributed by atoms with van der Waals surface area (Å²) in [5.41, 5.74) is 0. The van der Waals surface area contributed by atoms with Gasteiger partial charge in [0.15, 0.2) is 18.7 Å². The van der Waals surface area contributed by atoms with Crippen LogP contribution >= 0.6 is 0 Å². The van der Waals surface area contributed by atoms with Crippen molar-refractivity contribution in [2.75, 3.05) is 26.4 Å². The number of unbranched alkanes of at least 4 members (excludes halogenated alkanes) is 23. The molecule has 0 aromatic heterocycles. The smallest absolute Gasteiger partial charge is 0.306 e. The zero-order valence-electron chi connectivity index (χ0n) is 47.0. The average Bonchev–Trinajstić information content (AvgIpc) is 3.42. The number of esters is 2. The maximum absolute atomic E-state index is 13.1. The Balaban J connectivity index is 1.76. The van der Waals surface area contributed by atoms with Gasteiger partial charge in [-0.2, -0.15) is 0 Å². The molecule has 2 saturated heterocycles. The van der Waals surface area contributed by atoms with Gasteiger partial charge in [0.05, 0.1) is 19.8 Å². The van der Waals surface area contributed by atoms with Crippen LogP contribution in [-0.4, -0.2) is 142 Å². The molecule has 7 N–H and O–H groups in total. The van der Waals surface area contributed by atoms with E-state index < -0.39 is 99.3 Å². The second kappa shape index (κ2) is 47.1. The van der Waals surface area contributed by atoms with Gasteiger partial charge < -0.3 is 64.2 Å². The number of allylic oxidation sites excluding steroid dienone is 10. The first kappa shape index (κ1) is 69.3. The Kier molecular flexibility index (Phi) is 42.9. The Morgan fingerprint density at radius 1 is 0.421 bits per heavy atom. The van der Waals surface area contributed by atoms with E-state index in [9.17, 15) is 45.3 Å². The Morgan fingerprint density at radius 3 is 1.29 bits per heavy atom. The van der Waals surface area contributed by atoms with E-state index in [0.29, 0.717) is 12.8 Å². The number of hydrogen-bond donors (Lipinski definition) is 7. The van der Waals surface area contributed by atoms with E-state index in [1.807, 2.05) is 0 Å². The molecule has 2 rings (SSSR count). The lowest BCUT2D eigenvalue weighted by Crippen LogP contribution is -2.61. The summed E-state index contributed by atoms with van der Waals surface area (Å²) >= 11 is 0. The van der Waals surface area contributed by atoms with E-state index >= 15 is 0 Å². The molecule has 15 heteroatoms. The molecule has 2 heterocycles. The zero-order chi connectivity index (χ0) is 55.3. The molecule has 0 saturated carbocycles. The van der Waals surface area contributed by atoms with Gasteiger partial charge in [-0.05, 0) is 83.5 Å². The van der Waals surface area contributed by atoms with Crippen LogP contribution in [0.15, 0.2) is 60.8 Å². The molecule has 0 bridgehead atoms. The third-order valence-electron chi connectivity index (χ3n) is 14.0. The van der Waals surface area contributed by atoms with Crippen LogP contribution in [0, 0.1) is 0 Å². The van der Waals surface area contributed by atoms with Gasteiger partial charge in [-0.25, -0.2) is 0 Å². The molecule has 0 amide bonds. The van der Waals surface area contributed by atoms with Gasteiger partial charge in [0.1, 0.15) is 55.4 Å². The lowest BCUT2D eigenvalue weighted by Gasteiger charge is -2.42. The molecule has 2 fully saturated rings. The summed E-state index contributed by atoms with van der Waals surface area (Å²) in [6.07, 6.45) is 39.5. The average molecular weight is 1080 g/mol. The van der Waals surface area contributed by atoms with Gasteiger partial charge in [-0.1, -0.05) is 184 Å². The molecule has 2 aliphatic heterocycles. The van der Waals surface area contributed by atoms with Crippen LogP contribution in [0.3, 0.4) is 0 Å². The van der Waals surface area contributed by atoms with Gasteiger partial charge in [-0.3, -0.25) is 9.59 Å². The van der Waals surface area contributed by atoms with E-state index in [-0.39, 0.29) is 19.4 Å². The van der Waals surface area contributed by atoms with Crippen LogP contribution in [0.2, 0.25) is 0 Å². The van der Waals surface area contributed by atoms with Crippen molar-refractivity contribution in [3.8, 4) is 0 Å². The van der Waals surface area contributed by atoms with Gasteiger partial charge in [0.2, 0.25) is 0 Å². The van der Waals surface area contributed by atoms with Crippen molar-refractivity contribution in [1.82, 2.24) is 0 Å². The van der Waals surface area contributed by atoms with Crippen LogP contribution in [0.5, 0.6) is 0 Å². The molecule has 0 spiro atoms. The molecule has 2 aliphatic rings. The van der Waals surface area contributed by atoms with Crippen LogP contribution in [0.4, 0.5) is 0 Å². The summed E-state index contributed by atoms with van der Waals surface area (Å²) in [5.74, 6) is -0.959. The van der Waals surface area contributed by atoms with Gasteiger partial charge in [0, 0.05) is 12.8 Å². The summed E-state index contributed by atoms with van der Waals surface area (Å²) in [7, 11) is 0. The second-order valence-electron chi connectivity index (χ2n) is 20.8. The number of hydrogen-bond acceptors (Lipinski definition) is 15. The summed E-state index contributed by atoms with van der Waals surface area (Å²) in [5, 5.41) is 72.3. The van der Waals surface area contributed by atoms with E-state index in [1.165, 1.54) is 116 Å². The minimum absolute atomic E-state index is 0.156. The lowest BCUT2D eigenvalue weighted by molar-refractivity contribution is -0.332. The molecule has 15 nitrogen and oxygen atoms in total. The SMILES string of the molecule is CCCCC/C=C/C/C=C/C/C=C/C/C=C/CCCCCC(=O)OC[C@H](CO[C@H]1O[C@@H](CO[C@H]2O[C@@H](CO)[C@@H](O)C(O)C2O)[C@@H](O)C(O)C1O)OC(=O)CCCCCCCCCCCCC/C=C/CCCCCCCC. The quantitative estimate of drug-likeness (QED) is 0.0171. The van der Waals surface area contributed by atoms with E-state index in [2.05, 4.69) is 74.6 Å². The monoisotopic (exact) mass is 1080 g/mol. The fourth-order valence-corrected chi connectivity index (χ4v) is 9.08. The summed E-state index contributed by atoms with van der Waals surface area (Å²) in [4.78, 5) is 25.9. The molecule has 0 aliphatic carbocycles. The largest absolute Gasteiger partial charge is 0.462 e. The zero-order valence-corrected chi connectivity index (χ0v) is 47.0. The maximum Gasteiger partial charge on any atom is 0.306 e. The number of rotatable bonds is 47. The Labute approximate surface area is 458 Å². The number of aliphatic hydroxyl groups is 7. The molecule has 11 atom stereocenters. The van der Waals surface area contributed by atoms with Crippen molar-refractivity contribution in [2.45, 2.75) is 287 Å². The fraction of sp³-hybridized carbons (Fsp3) is 0.803. The highest BCUT2D eigenvalue weighted by Crippen LogP contribution is 2.27. The lowest BCUT2D eigenvalue weighted by atomic mass is 9.98. The summed E-state index contributed by atoms with van der Waals surface area (Å²) in [6.45, 7) is 2.55. The van der Waals surface area contributed by atoms with Crippen molar-refractivity contribution >= 4 is 11.9 Å². The second-order valence-corrected chi connectivity index (χ2v) is 20.8. The highest BCUT2D eigenvalue weighted by atomic mass is 16.7. The van der Waals surface area contributed by atoms with Crippen molar-refractivity contribution < 1.29 is 73.8 Å². The molecule has 4 unspecified atom stereocenters. The van der Waals surface area contributed by atoms with Crippen molar-refractivity contribution in [2.24, 2.45) is 0 Å². The van der Waals surface area contributed by atoms with Gasteiger partial charge in [-0.15, -0.1) is 0 Å². The summed E-state index contributed by atoms with van der Waals surface area (Å²) < 4.78 is 33.7. The predicted molar refractivity (Wildman–Crippen MR) is 298 cm³/mol. The first-order chi connectivity index (χ1) is 37.0. The minimum atomic E-state index is -1.77. The van der Waals surface area contributed by atoms with Crippen LogP contribution in [0.25, 0.3) is 0 Å². The predicted octanol–water partition coefficient (Wildman–Crippen LogP) is 10.4. The van der Waals surface area contributed by atoms with E-state index in [4.69, 9.17) is 28.4 Å². The topological polar surface area (TPSA) is 231 Å². The molecular formula is C61H106O15. The van der Waals surface area contributed by atoms with Crippen molar-refractivity contribution in [1.29, 1.82) is 0 Å². The molecular weight excluding hydrogens is 973 g/mol. The molecule has 440 valence electrons. The van der Waals surface area contributed by atoms with Gasteiger partial charge >= 0.3 is 11.9 Å². The fourth-order valence-electron chi connectivity index (χ4n) is 9.08. The minimum Gasteiger partial charge on any atom is -0.462 e. The molecule has 0 aromatic rings. The Hall–Kier alpha value is -2.80. The Morgan fingerprint density at radius 2 is 0.789 bits per heavy atom. The molecule has 0 radical (unpaired) electrons. The standard InChI is InChI=1S/C61H106O15/c1-3-5-7-9-11-13-15-17-19-21-23-24-26-28-30-32-34-36-38-40-42-44-53(64)74-49(46-71-52(63)43-41-39-37-35-33-31-29-27-25-22-20-18-16-14-12-10-8-6-4-2)47-72-60-59(70)57(68)55(66)51(76-60)48-73-61-58(69)56(67)54(65)50(45-62)75-61/h12,14,17-20,25,27,31,33,49-51,54-62,65-70H,3-11,13,15-16,21-24,26,28-30,32,34-48H2,1-2H3/b14-12+,19-17+,20-18+,27-25+,33-31+/t49-,50+,51+,54-,55-,56?,57?,58?,59?,60+,61+/m1/s1. The normalized spacial score (nSPS) is 24.8. The number of aliphatic hydroxyl groups excluding tert-OH is 7. The molecule has 76 heavy (non-hydrogen) atoms. The highest BCUT2D eigenvalue weighted by molar-refractivity contribution is 5.70. The first-order valence-electron chi connectivity index (χ1n) is 29.9. The van der Waals surface area contributed by atoms with Crippen LogP contribution in [0.1, 0.15) is 219 Å². The van der Waals surface area contributed by atoms with Crippen molar-refractivity contribution in [3.63, 3.8) is 0 Å². The first-order valence-corrected chi connectivity index (χ1v) is 29.9. The Bertz CT molecular complexity index is 1550.